The molecule has 128 valence electrons. The fourth-order valence-corrected chi connectivity index (χ4v) is 3.45. The van der Waals surface area contributed by atoms with Gasteiger partial charge in [-0.1, -0.05) is 36.0 Å². The van der Waals surface area contributed by atoms with Gasteiger partial charge in [-0.2, -0.15) is 0 Å². The number of hydrogen-bond donors (Lipinski definition) is 1. The van der Waals surface area contributed by atoms with Crippen LogP contribution in [-0.2, 0) is 16.6 Å². The van der Waals surface area contributed by atoms with Crippen LogP contribution in [0.5, 0.6) is 0 Å². The summed E-state index contributed by atoms with van der Waals surface area (Å²) in [5, 5.41) is 12.1. The van der Waals surface area contributed by atoms with Crippen LogP contribution in [0.3, 0.4) is 0 Å². The highest BCUT2D eigenvalue weighted by atomic mass is 32.2. The molecule has 3 rings (SSSR count). The van der Waals surface area contributed by atoms with Crippen molar-refractivity contribution < 1.29 is 9.53 Å². The van der Waals surface area contributed by atoms with E-state index in [4.69, 9.17) is 4.74 Å². The molecule has 0 bridgehead atoms. The number of amides is 1. The first-order valence-corrected chi connectivity index (χ1v) is 9.10. The molecular formula is C17H22N4O2S. The van der Waals surface area contributed by atoms with Crippen molar-refractivity contribution in [3.8, 4) is 11.4 Å². The van der Waals surface area contributed by atoms with Crippen LogP contribution < -0.4 is 5.32 Å². The molecular weight excluding hydrogens is 324 g/mol. The summed E-state index contributed by atoms with van der Waals surface area (Å²) in [6.07, 6.45) is 2.27. The first-order valence-electron chi connectivity index (χ1n) is 8.11. The molecule has 6 nitrogen and oxygen atoms in total. The van der Waals surface area contributed by atoms with Crippen molar-refractivity contribution in [3.63, 3.8) is 0 Å². The van der Waals surface area contributed by atoms with Gasteiger partial charge in [-0.25, -0.2) is 0 Å². The highest BCUT2D eigenvalue weighted by molar-refractivity contribution is 7.99. The van der Waals surface area contributed by atoms with E-state index < -0.39 is 0 Å². The first-order chi connectivity index (χ1) is 11.6. The predicted octanol–water partition coefficient (Wildman–Crippen LogP) is 2.18. The molecule has 1 aliphatic rings. The summed E-state index contributed by atoms with van der Waals surface area (Å²) in [4.78, 5) is 12.0. The van der Waals surface area contributed by atoms with E-state index in [0.717, 1.165) is 41.6 Å². The van der Waals surface area contributed by atoms with Crippen LogP contribution in [0.1, 0.15) is 18.4 Å². The highest BCUT2D eigenvalue weighted by Gasteiger charge is 2.17. The van der Waals surface area contributed by atoms with E-state index in [1.807, 2.05) is 29.8 Å². The van der Waals surface area contributed by atoms with Gasteiger partial charge in [-0.05, 0) is 25.3 Å². The number of hydrogen-bond acceptors (Lipinski definition) is 5. The van der Waals surface area contributed by atoms with E-state index >= 15 is 0 Å². The van der Waals surface area contributed by atoms with Gasteiger partial charge in [-0.3, -0.25) is 4.79 Å². The van der Waals surface area contributed by atoms with Crippen LogP contribution in [0.4, 0.5) is 0 Å². The van der Waals surface area contributed by atoms with Gasteiger partial charge < -0.3 is 14.6 Å². The van der Waals surface area contributed by atoms with E-state index in [1.54, 1.807) is 0 Å². The van der Waals surface area contributed by atoms with Crippen LogP contribution in [0, 0.1) is 6.92 Å². The number of aryl methyl sites for hydroxylation is 1. The number of carbonyl (C=O) groups is 1. The summed E-state index contributed by atoms with van der Waals surface area (Å²) < 4.78 is 7.43. The number of aromatic nitrogens is 3. The normalized spacial score (nSPS) is 17.2. The average Bonchev–Trinajstić information content (AvgIpc) is 3.22. The Balaban J connectivity index is 1.56. The standard InChI is InChI=1S/C17H22N4O2S/c1-12-6-3-4-8-14(12)16-19-20-17(21(16)2)24-11-15(22)18-10-13-7-5-9-23-13/h3-4,6,8,13H,5,7,9-11H2,1-2H3,(H,18,22). The van der Waals surface area contributed by atoms with Gasteiger partial charge in [0.1, 0.15) is 0 Å². The van der Waals surface area contributed by atoms with Gasteiger partial charge in [0.05, 0.1) is 11.9 Å². The molecule has 24 heavy (non-hydrogen) atoms. The predicted molar refractivity (Wildman–Crippen MR) is 93.9 cm³/mol. The fourth-order valence-electron chi connectivity index (χ4n) is 2.71. The Labute approximate surface area is 146 Å². The molecule has 0 spiro atoms. The Kier molecular flexibility index (Phi) is 5.52. The average molecular weight is 346 g/mol. The maximum Gasteiger partial charge on any atom is 0.230 e. The lowest BCUT2D eigenvalue weighted by Crippen LogP contribution is -2.32. The zero-order valence-electron chi connectivity index (χ0n) is 14.0. The summed E-state index contributed by atoms with van der Waals surface area (Å²) in [7, 11) is 1.92. The maximum atomic E-state index is 12.0. The molecule has 0 saturated carbocycles. The largest absolute Gasteiger partial charge is 0.376 e. The number of benzene rings is 1. The minimum Gasteiger partial charge on any atom is -0.376 e. The van der Waals surface area contributed by atoms with E-state index in [-0.39, 0.29) is 12.0 Å². The summed E-state index contributed by atoms with van der Waals surface area (Å²) >= 11 is 1.40. The lowest BCUT2D eigenvalue weighted by atomic mass is 10.1. The molecule has 1 unspecified atom stereocenters. The lowest BCUT2D eigenvalue weighted by Gasteiger charge is -2.10. The monoisotopic (exact) mass is 346 g/mol. The van der Waals surface area contributed by atoms with Gasteiger partial charge in [0.15, 0.2) is 11.0 Å². The molecule has 1 aliphatic heterocycles. The third-order valence-electron chi connectivity index (χ3n) is 4.10. The molecule has 2 aromatic rings. The third kappa shape index (κ3) is 3.96. The van der Waals surface area contributed by atoms with Crippen molar-refractivity contribution in [1.29, 1.82) is 0 Å². The molecule has 1 N–H and O–H groups in total. The lowest BCUT2D eigenvalue weighted by molar-refractivity contribution is -0.119. The molecule has 1 aromatic heterocycles. The molecule has 1 saturated heterocycles. The van der Waals surface area contributed by atoms with Crippen LogP contribution >= 0.6 is 11.8 Å². The number of nitrogens with zero attached hydrogens (tertiary/aromatic N) is 3. The van der Waals surface area contributed by atoms with Crippen LogP contribution in [0.25, 0.3) is 11.4 Å². The van der Waals surface area contributed by atoms with Crippen molar-refractivity contribution >= 4 is 17.7 Å². The van der Waals surface area contributed by atoms with Gasteiger partial charge in [0.25, 0.3) is 0 Å². The van der Waals surface area contributed by atoms with Gasteiger partial charge in [-0.15, -0.1) is 10.2 Å². The SMILES string of the molecule is Cc1ccccc1-c1nnc(SCC(=O)NCC2CCCO2)n1C. The second-order valence-corrected chi connectivity index (χ2v) is 6.85. The second-order valence-electron chi connectivity index (χ2n) is 5.91. The molecule has 1 atom stereocenters. The van der Waals surface area contributed by atoms with Crippen molar-refractivity contribution in [2.75, 3.05) is 18.9 Å². The minimum absolute atomic E-state index is 0.00376. The van der Waals surface area contributed by atoms with E-state index in [9.17, 15) is 4.79 Å². The zero-order valence-corrected chi connectivity index (χ0v) is 14.8. The summed E-state index contributed by atoms with van der Waals surface area (Å²) in [6, 6.07) is 8.07. The van der Waals surface area contributed by atoms with Gasteiger partial charge in [0, 0.05) is 25.8 Å². The Morgan fingerprint density at radius 1 is 1.42 bits per heavy atom. The smallest absolute Gasteiger partial charge is 0.230 e. The van der Waals surface area contributed by atoms with Gasteiger partial charge in [0.2, 0.25) is 5.91 Å². The molecule has 7 heteroatoms. The number of rotatable bonds is 6. The quantitative estimate of drug-likeness (QED) is 0.812. The zero-order chi connectivity index (χ0) is 16.9. The van der Waals surface area contributed by atoms with Crippen molar-refractivity contribution in [2.45, 2.75) is 31.0 Å². The Morgan fingerprint density at radius 2 is 2.25 bits per heavy atom. The van der Waals surface area contributed by atoms with E-state index in [0.29, 0.717) is 12.3 Å². The van der Waals surface area contributed by atoms with Crippen LogP contribution in [-0.4, -0.2) is 45.7 Å². The Bertz CT molecular complexity index is 710. The Hall–Kier alpha value is -1.86. The number of ether oxygens (including phenoxy) is 1. The van der Waals surface area contributed by atoms with Gasteiger partial charge >= 0.3 is 0 Å². The third-order valence-corrected chi connectivity index (χ3v) is 5.12. The van der Waals surface area contributed by atoms with Crippen molar-refractivity contribution in [1.82, 2.24) is 20.1 Å². The number of thioether (sulfide) groups is 1. The summed E-state index contributed by atoms with van der Waals surface area (Å²) in [5.41, 5.74) is 2.21. The number of carbonyl (C=O) groups excluding carboxylic acids is 1. The van der Waals surface area contributed by atoms with Crippen LogP contribution in [0.2, 0.25) is 0 Å². The van der Waals surface area contributed by atoms with E-state index in [2.05, 4.69) is 28.5 Å². The summed E-state index contributed by atoms with van der Waals surface area (Å²) in [6.45, 7) is 3.44. The maximum absolute atomic E-state index is 12.0. The first kappa shape index (κ1) is 17.0. The van der Waals surface area contributed by atoms with Crippen molar-refractivity contribution in [3.05, 3.63) is 29.8 Å². The molecule has 1 amide bonds. The van der Waals surface area contributed by atoms with Crippen LogP contribution in [0.15, 0.2) is 29.4 Å². The summed E-state index contributed by atoms with van der Waals surface area (Å²) in [5.74, 6) is 1.14. The molecule has 1 fully saturated rings. The molecule has 1 aromatic carbocycles. The number of nitrogens with one attached hydrogen (secondary N) is 1. The van der Waals surface area contributed by atoms with E-state index in [1.165, 1.54) is 11.8 Å². The second kappa shape index (κ2) is 7.81. The minimum atomic E-state index is -0.00376. The topological polar surface area (TPSA) is 69.0 Å². The molecule has 0 radical (unpaired) electrons. The Morgan fingerprint density at radius 3 is 3.00 bits per heavy atom. The molecule has 0 aliphatic carbocycles. The van der Waals surface area contributed by atoms with Crippen molar-refractivity contribution in [2.24, 2.45) is 7.05 Å². The fraction of sp³-hybridized carbons (Fsp3) is 0.471. The molecule has 2 heterocycles. The highest BCUT2D eigenvalue weighted by Crippen LogP contribution is 2.24.